The van der Waals surface area contributed by atoms with Gasteiger partial charge in [-0.05, 0) is 12.3 Å². The molecule has 0 radical (unpaired) electrons. The average Bonchev–Trinajstić information content (AvgIpc) is 2.74. The van der Waals surface area contributed by atoms with Crippen LogP contribution >= 0.6 is 0 Å². The van der Waals surface area contributed by atoms with Gasteiger partial charge >= 0.3 is 5.97 Å². The van der Waals surface area contributed by atoms with Crippen LogP contribution in [0.1, 0.15) is 39.5 Å². The summed E-state index contributed by atoms with van der Waals surface area (Å²) in [4.78, 5) is 11.6. The molecule has 20 heavy (non-hydrogen) atoms. The summed E-state index contributed by atoms with van der Waals surface area (Å²) in [7, 11) is 0. The molecule has 0 aromatic heterocycles. The van der Waals surface area contributed by atoms with Crippen LogP contribution in [0.25, 0.3) is 0 Å². The Hall–Kier alpha value is -1.27. The summed E-state index contributed by atoms with van der Waals surface area (Å²) in [6, 6.07) is 0. The maximum absolute atomic E-state index is 11.6. The monoisotopic (exact) mass is 288 g/mol. The maximum Gasteiger partial charge on any atom is 0.378 e. The van der Waals surface area contributed by atoms with Crippen molar-refractivity contribution in [3.63, 3.8) is 0 Å². The van der Waals surface area contributed by atoms with Gasteiger partial charge in [0.2, 0.25) is 5.76 Å². The Balaban J connectivity index is 2.60. The number of hydrogen-bond donors (Lipinski definition) is 3. The van der Waals surface area contributed by atoms with E-state index in [9.17, 15) is 15.0 Å². The zero-order valence-electron chi connectivity index (χ0n) is 12.0. The number of ether oxygens (including phenoxy) is 2. The third-order valence-electron chi connectivity index (χ3n) is 3.46. The molecule has 0 saturated carbocycles. The lowest BCUT2D eigenvalue weighted by Crippen LogP contribution is -2.31. The molecule has 6 nitrogen and oxygen atoms in total. The fourth-order valence-electron chi connectivity index (χ4n) is 2.05. The van der Waals surface area contributed by atoms with Crippen LogP contribution in [0.5, 0.6) is 0 Å². The van der Waals surface area contributed by atoms with Gasteiger partial charge in [-0.3, -0.25) is 0 Å². The highest BCUT2D eigenvalue weighted by Crippen LogP contribution is 2.25. The zero-order valence-corrected chi connectivity index (χ0v) is 12.0. The topological polar surface area (TPSA) is 96.2 Å². The molecule has 0 amide bonds. The zero-order chi connectivity index (χ0) is 15.1. The van der Waals surface area contributed by atoms with E-state index in [-0.39, 0.29) is 5.76 Å². The van der Waals surface area contributed by atoms with Crippen molar-refractivity contribution in [1.82, 2.24) is 0 Å². The minimum absolute atomic E-state index is 0.252. The van der Waals surface area contributed by atoms with Crippen molar-refractivity contribution >= 4 is 5.97 Å². The van der Waals surface area contributed by atoms with Gasteiger partial charge in [-0.25, -0.2) is 4.79 Å². The van der Waals surface area contributed by atoms with Gasteiger partial charge in [-0.1, -0.05) is 33.1 Å². The summed E-state index contributed by atoms with van der Waals surface area (Å²) in [5, 5.41) is 28.1. The Bertz CT molecular complexity index is 352. The minimum atomic E-state index is -1.35. The molecular formula is C14H24O6. The lowest BCUT2D eigenvalue weighted by molar-refractivity contribution is -0.148. The van der Waals surface area contributed by atoms with E-state index >= 15 is 0 Å². The predicted octanol–water partition coefficient (Wildman–Crippen LogP) is 1.27. The smallest absolute Gasteiger partial charge is 0.378 e. The normalized spacial score (nSPS) is 21.8. The van der Waals surface area contributed by atoms with E-state index in [0.29, 0.717) is 12.5 Å². The molecule has 0 bridgehead atoms. The van der Waals surface area contributed by atoms with E-state index < -0.39 is 30.5 Å². The van der Waals surface area contributed by atoms with Crippen LogP contribution in [0.15, 0.2) is 11.5 Å². The van der Waals surface area contributed by atoms with Crippen molar-refractivity contribution in [2.75, 3.05) is 13.2 Å². The van der Waals surface area contributed by atoms with E-state index in [1.54, 1.807) is 0 Å². The molecule has 1 rings (SSSR count). The van der Waals surface area contributed by atoms with Gasteiger partial charge in [0.15, 0.2) is 11.9 Å². The van der Waals surface area contributed by atoms with E-state index in [1.807, 2.05) is 6.92 Å². The first kappa shape index (κ1) is 16.8. The molecule has 0 fully saturated rings. The van der Waals surface area contributed by atoms with Crippen LogP contribution in [0.3, 0.4) is 0 Å². The Kier molecular flexibility index (Phi) is 6.81. The average molecular weight is 288 g/mol. The van der Waals surface area contributed by atoms with Gasteiger partial charge in [0.05, 0.1) is 13.2 Å². The van der Waals surface area contributed by atoms with Gasteiger partial charge in [0, 0.05) is 0 Å². The molecule has 0 aliphatic carbocycles. The molecule has 3 atom stereocenters. The Labute approximate surface area is 119 Å². The third kappa shape index (κ3) is 4.11. The number of carbonyl (C=O) groups is 1. The fourth-order valence-corrected chi connectivity index (χ4v) is 2.05. The van der Waals surface area contributed by atoms with Gasteiger partial charge < -0.3 is 24.8 Å². The van der Waals surface area contributed by atoms with Gasteiger partial charge in [-0.2, -0.15) is 0 Å². The number of carbonyl (C=O) groups excluding carboxylic acids is 1. The lowest BCUT2D eigenvalue weighted by Gasteiger charge is -2.15. The minimum Gasteiger partial charge on any atom is -0.505 e. The maximum atomic E-state index is 11.6. The lowest BCUT2D eigenvalue weighted by atomic mass is 10.0. The SMILES string of the molecule is CCCCC(CC)COC1=C(O)[C@@H]([C@@H](O)CO)OC1=O. The van der Waals surface area contributed by atoms with Crippen LogP contribution in [0, 0.1) is 5.92 Å². The van der Waals surface area contributed by atoms with E-state index in [0.717, 1.165) is 25.7 Å². The van der Waals surface area contributed by atoms with E-state index in [1.165, 1.54) is 0 Å². The second-order valence-electron chi connectivity index (χ2n) is 5.02. The first-order chi connectivity index (χ1) is 9.54. The van der Waals surface area contributed by atoms with E-state index in [2.05, 4.69) is 6.92 Å². The van der Waals surface area contributed by atoms with Gasteiger partial charge in [-0.15, -0.1) is 0 Å². The molecule has 0 saturated heterocycles. The van der Waals surface area contributed by atoms with Crippen LogP contribution in [0.2, 0.25) is 0 Å². The molecular weight excluding hydrogens is 264 g/mol. The summed E-state index contributed by atoms with van der Waals surface area (Å²) in [5.74, 6) is -1.19. The molecule has 0 spiro atoms. The number of aliphatic hydroxyl groups excluding tert-OH is 3. The van der Waals surface area contributed by atoms with Crippen LogP contribution in [0.4, 0.5) is 0 Å². The predicted molar refractivity (Wildman–Crippen MR) is 71.9 cm³/mol. The molecule has 0 aromatic rings. The number of aliphatic hydroxyl groups is 3. The van der Waals surface area contributed by atoms with Crippen LogP contribution in [-0.2, 0) is 14.3 Å². The summed E-state index contributed by atoms with van der Waals surface area (Å²) < 4.78 is 10.2. The van der Waals surface area contributed by atoms with Crippen LogP contribution < -0.4 is 0 Å². The summed E-state index contributed by atoms with van der Waals surface area (Å²) in [6.07, 6.45) is 1.52. The highest BCUT2D eigenvalue weighted by atomic mass is 16.6. The number of unbranched alkanes of at least 4 members (excludes halogenated alkanes) is 1. The molecule has 1 aliphatic rings. The van der Waals surface area contributed by atoms with Crippen molar-refractivity contribution in [2.24, 2.45) is 5.92 Å². The second-order valence-corrected chi connectivity index (χ2v) is 5.02. The molecule has 1 aliphatic heterocycles. The highest BCUT2D eigenvalue weighted by Gasteiger charge is 2.40. The van der Waals surface area contributed by atoms with Crippen molar-refractivity contribution in [2.45, 2.75) is 51.7 Å². The summed E-state index contributed by atoms with van der Waals surface area (Å²) >= 11 is 0. The number of hydrogen-bond acceptors (Lipinski definition) is 6. The van der Waals surface area contributed by atoms with Crippen molar-refractivity contribution in [1.29, 1.82) is 0 Å². The number of esters is 1. The Morgan fingerprint density at radius 3 is 2.65 bits per heavy atom. The Morgan fingerprint density at radius 2 is 2.10 bits per heavy atom. The third-order valence-corrected chi connectivity index (χ3v) is 3.46. The number of rotatable bonds is 9. The molecule has 1 heterocycles. The van der Waals surface area contributed by atoms with E-state index in [4.69, 9.17) is 14.6 Å². The first-order valence-corrected chi connectivity index (χ1v) is 7.10. The molecule has 116 valence electrons. The molecule has 6 heteroatoms. The molecule has 1 unspecified atom stereocenters. The van der Waals surface area contributed by atoms with Gasteiger partial charge in [0.25, 0.3) is 0 Å². The van der Waals surface area contributed by atoms with Crippen LogP contribution in [-0.4, -0.2) is 46.7 Å². The molecule has 0 aromatic carbocycles. The van der Waals surface area contributed by atoms with Gasteiger partial charge in [0.1, 0.15) is 6.10 Å². The molecule has 3 N–H and O–H groups in total. The standard InChI is InChI=1S/C14H24O6/c1-3-5-6-9(4-2)8-19-13-11(17)12(10(16)7-15)20-14(13)18/h9-10,12,15-17H,3-8H2,1-2H3/t9?,10-,12+/m0/s1. The van der Waals surface area contributed by atoms with Crippen molar-refractivity contribution in [3.8, 4) is 0 Å². The summed E-state index contributed by atoms with van der Waals surface area (Å²) in [6.45, 7) is 3.87. The fraction of sp³-hybridized carbons (Fsp3) is 0.786. The van der Waals surface area contributed by atoms with Crippen molar-refractivity contribution in [3.05, 3.63) is 11.5 Å². The number of cyclic esters (lactones) is 1. The van der Waals surface area contributed by atoms with Crippen molar-refractivity contribution < 1.29 is 29.6 Å². The Morgan fingerprint density at radius 1 is 1.40 bits per heavy atom. The quantitative estimate of drug-likeness (QED) is 0.553. The highest BCUT2D eigenvalue weighted by molar-refractivity contribution is 5.89. The second kappa shape index (κ2) is 8.11. The summed E-state index contributed by atoms with van der Waals surface area (Å²) in [5.41, 5.74) is 0. The first-order valence-electron chi connectivity index (χ1n) is 7.10. The largest absolute Gasteiger partial charge is 0.505 e.